The Labute approximate surface area is 188 Å². The molecule has 2 aliphatic rings. The smallest absolute Gasteiger partial charge is 0.253 e. The summed E-state index contributed by atoms with van der Waals surface area (Å²) >= 11 is 0. The highest BCUT2D eigenvalue weighted by molar-refractivity contribution is 5.94. The maximum absolute atomic E-state index is 13.2. The number of hydrogen-bond donors (Lipinski definition) is 0. The minimum Gasteiger partial charge on any atom is -0.493 e. The second-order valence-corrected chi connectivity index (χ2v) is 8.74. The molecule has 32 heavy (non-hydrogen) atoms. The fraction of sp³-hybridized carbons (Fsp3) is 0.385. The van der Waals surface area contributed by atoms with Gasteiger partial charge in [-0.2, -0.15) is 5.10 Å². The van der Waals surface area contributed by atoms with E-state index in [0.29, 0.717) is 25.3 Å². The van der Waals surface area contributed by atoms with Crippen molar-refractivity contribution < 1.29 is 14.3 Å². The molecule has 3 aromatic rings. The maximum atomic E-state index is 13.2. The van der Waals surface area contributed by atoms with E-state index in [1.807, 2.05) is 66.1 Å². The Morgan fingerprint density at radius 1 is 1.19 bits per heavy atom. The van der Waals surface area contributed by atoms with Crippen LogP contribution in [0, 0.1) is 6.92 Å². The van der Waals surface area contributed by atoms with Crippen molar-refractivity contribution in [3.63, 3.8) is 0 Å². The molecule has 0 bridgehead atoms. The van der Waals surface area contributed by atoms with Crippen LogP contribution in [0.4, 0.5) is 0 Å². The second kappa shape index (κ2) is 8.01. The van der Waals surface area contributed by atoms with Crippen molar-refractivity contribution in [3.8, 4) is 22.8 Å². The van der Waals surface area contributed by atoms with E-state index in [0.717, 1.165) is 53.1 Å². The van der Waals surface area contributed by atoms with Gasteiger partial charge in [0.1, 0.15) is 17.1 Å². The van der Waals surface area contributed by atoms with E-state index in [-0.39, 0.29) is 5.91 Å². The summed E-state index contributed by atoms with van der Waals surface area (Å²) in [5.41, 5.74) is 4.57. The summed E-state index contributed by atoms with van der Waals surface area (Å²) in [6, 6.07) is 13.9. The van der Waals surface area contributed by atoms with Gasteiger partial charge in [-0.05, 0) is 49.2 Å². The first kappa shape index (κ1) is 20.6. The number of piperidine rings is 1. The Hall–Kier alpha value is -3.28. The number of rotatable bonds is 4. The molecule has 2 aliphatic heterocycles. The fourth-order valence-electron chi connectivity index (χ4n) is 4.89. The number of amides is 1. The minimum atomic E-state index is -0.442. The number of aromatic nitrogens is 2. The molecule has 5 rings (SSSR count). The third-order valence-corrected chi connectivity index (χ3v) is 6.62. The highest BCUT2D eigenvalue weighted by Gasteiger charge is 2.45. The van der Waals surface area contributed by atoms with Crippen LogP contribution in [0.2, 0.25) is 0 Å². The van der Waals surface area contributed by atoms with Crippen molar-refractivity contribution >= 4 is 5.91 Å². The van der Waals surface area contributed by atoms with E-state index in [1.165, 1.54) is 0 Å². The van der Waals surface area contributed by atoms with Crippen LogP contribution in [0.15, 0.2) is 48.7 Å². The molecule has 2 aromatic carbocycles. The summed E-state index contributed by atoms with van der Waals surface area (Å²) in [6.45, 7) is 6.04. The molecule has 6 heteroatoms. The first-order chi connectivity index (χ1) is 15.5. The third kappa shape index (κ3) is 3.34. The summed E-state index contributed by atoms with van der Waals surface area (Å²) in [6.07, 6.45) is 4.37. The summed E-state index contributed by atoms with van der Waals surface area (Å²) in [5.74, 6) is 1.80. The topological polar surface area (TPSA) is 56.6 Å². The van der Waals surface area contributed by atoms with Gasteiger partial charge >= 0.3 is 0 Å². The lowest BCUT2D eigenvalue weighted by molar-refractivity contribution is -0.00172. The number of likely N-dealkylation sites (tertiary alicyclic amines) is 1. The zero-order valence-corrected chi connectivity index (χ0v) is 18.9. The van der Waals surface area contributed by atoms with Gasteiger partial charge in [0.2, 0.25) is 0 Å². The van der Waals surface area contributed by atoms with Gasteiger partial charge in [-0.1, -0.05) is 19.1 Å². The number of fused-ring (bicyclic) bond motifs is 4. The molecule has 0 N–H and O–H groups in total. The van der Waals surface area contributed by atoms with Crippen molar-refractivity contribution in [3.05, 3.63) is 65.4 Å². The van der Waals surface area contributed by atoms with E-state index < -0.39 is 5.60 Å². The molecule has 1 saturated heterocycles. The fourth-order valence-corrected chi connectivity index (χ4v) is 4.89. The van der Waals surface area contributed by atoms with E-state index in [9.17, 15) is 4.79 Å². The zero-order valence-electron chi connectivity index (χ0n) is 18.9. The first-order valence-electron chi connectivity index (χ1n) is 11.4. The number of carbonyl (C=O) groups excluding carboxylic acids is 1. The maximum Gasteiger partial charge on any atom is 0.253 e. The SMILES string of the molecule is CCCOc1ccc(C(=O)N2CCC3(CC2)Oc2ccccc2-c2c3cnn2C)cc1C. The highest BCUT2D eigenvalue weighted by atomic mass is 16.5. The summed E-state index contributed by atoms with van der Waals surface area (Å²) in [4.78, 5) is 15.2. The Bertz CT molecular complexity index is 1160. The average Bonchev–Trinajstić information content (AvgIpc) is 3.21. The summed E-state index contributed by atoms with van der Waals surface area (Å²) < 4.78 is 14.3. The number of aryl methyl sites for hydroxylation is 2. The van der Waals surface area contributed by atoms with Crippen molar-refractivity contribution in [2.75, 3.05) is 19.7 Å². The molecule has 1 fully saturated rings. The lowest BCUT2D eigenvalue weighted by atomic mass is 9.81. The van der Waals surface area contributed by atoms with Crippen molar-refractivity contribution in [1.82, 2.24) is 14.7 Å². The molecule has 0 aliphatic carbocycles. The number of para-hydroxylation sites is 1. The van der Waals surface area contributed by atoms with Gasteiger partial charge in [-0.25, -0.2) is 0 Å². The standard InChI is InChI=1S/C26H29N3O3/c1-4-15-31-22-10-9-19(16-18(22)2)25(30)29-13-11-26(12-14-29)21-17-27-28(3)24(21)20-7-5-6-8-23(20)32-26/h5-10,16-17H,4,11-15H2,1-3H3. The van der Waals surface area contributed by atoms with Crippen molar-refractivity contribution in [2.24, 2.45) is 7.05 Å². The predicted molar refractivity (Wildman–Crippen MR) is 123 cm³/mol. The van der Waals surface area contributed by atoms with Gasteiger partial charge in [-0.3, -0.25) is 9.48 Å². The van der Waals surface area contributed by atoms with Crippen LogP contribution < -0.4 is 9.47 Å². The van der Waals surface area contributed by atoms with Crippen LogP contribution in [0.5, 0.6) is 11.5 Å². The number of hydrogen-bond acceptors (Lipinski definition) is 4. The molecule has 1 amide bonds. The molecule has 0 saturated carbocycles. The number of nitrogens with zero attached hydrogens (tertiary/aromatic N) is 3. The van der Waals surface area contributed by atoms with Gasteiger partial charge in [-0.15, -0.1) is 0 Å². The predicted octanol–water partition coefficient (Wildman–Crippen LogP) is 4.71. The van der Waals surface area contributed by atoms with Gasteiger partial charge in [0.05, 0.1) is 18.5 Å². The van der Waals surface area contributed by atoms with Crippen LogP contribution in [0.1, 0.15) is 47.7 Å². The molecular weight excluding hydrogens is 402 g/mol. The summed E-state index contributed by atoms with van der Waals surface area (Å²) in [5, 5.41) is 4.53. The Morgan fingerprint density at radius 3 is 2.72 bits per heavy atom. The molecule has 0 atom stereocenters. The van der Waals surface area contributed by atoms with Crippen molar-refractivity contribution in [2.45, 2.75) is 38.7 Å². The van der Waals surface area contributed by atoms with E-state index >= 15 is 0 Å². The van der Waals surface area contributed by atoms with Crippen LogP contribution in [0.25, 0.3) is 11.3 Å². The van der Waals surface area contributed by atoms with E-state index in [1.54, 1.807) is 0 Å². The molecule has 3 heterocycles. The first-order valence-corrected chi connectivity index (χ1v) is 11.4. The largest absolute Gasteiger partial charge is 0.493 e. The average molecular weight is 432 g/mol. The van der Waals surface area contributed by atoms with Gasteiger partial charge in [0, 0.05) is 49.7 Å². The van der Waals surface area contributed by atoms with Crippen LogP contribution in [-0.2, 0) is 12.6 Å². The van der Waals surface area contributed by atoms with Crippen molar-refractivity contribution in [1.29, 1.82) is 0 Å². The minimum absolute atomic E-state index is 0.0626. The quantitative estimate of drug-likeness (QED) is 0.600. The molecule has 0 unspecified atom stereocenters. The highest BCUT2D eigenvalue weighted by Crippen LogP contribution is 2.49. The molecule has 1 aromatic heterocycles. The van der Waals surface area contributed by atoms with Gasteiger partial charge < -0.3 is 14.4 Å². The monoisotopic (exact) mass is 431 g/mol. The lowest BCUT2D eigenvalue weighted by Gasteiger charge is -2.44. The van der Waals surface area contributed by atoms with Crippen LogP contribution in [-0.4, -0.2) is 40.3 Å². The molecule has 166 valence electrons. The Kier molecular flexibility index (Phi) is 5.16. The van der Waals surface area contributed by atoms with Crippen LogP contribution >= 0.6 is 0 Å². The Morgan fingerprint density at radius 2 is 1.97 bits per heavy atom. The second-order valence-electron chi connectivity index (χ2n) is 8.74. The number of ether oxygens (including phenoxy) is 2. The summed E-state index contributed by atoms with van der Waals surface area (Å²) in [7, 11) is 1.98. The van der Waals surface area contributed by atoms with Crippen LogP contribution in [0.3, 0.4) is 0 Å². The molecule has 1 spiro atoms. The number of benzene rings is 2. The lowest BCUT2D eigenvalue weighted by Crippen LogP contribution is -2.49. The normalized spacial score (nSPS) is 16.3. The zero-order chi connectivity index (χ0) is 22.3. The number of carbonyl (C=O) groups is 1. The van der Waals surface area contributed by atoms with E-state index in [4.69, 9.17) is 9.47 Å². The Balaban J connectivity index is 1.35. The molecule has 0 radical (unpaired) electrons. The van der Waals surface area contributed by atoms with Gasteiger partial charge in [0.15, 0.2) is 0 Å². The third-order valence-electron chi connectivity index (χ3n) is 6.62. The van der Waals surface area contributed by atoms with E-state index in [2.05, 4.69) is 18.1 Å². The van der Waals surface area contributed by atoms with Gasteiger partial charge in [0.25, 0.3) is 5.91 Å². The molecular formula is C26H29N3O3. The molecule has 6 nitrogen and oxygen atoms in total.